The Kier molecular flexibility index (Phi) is 6.65. The molecule has 2 rings (SSSR count). The summed E-state index contributed by atoms with van der Waals surface area (Å²) < 4.78 is 41.4. The first-order chi connectivity index (χ1) is 12.5. The maximum absolute atomic E-state index is 14.1. The van der Waals surface area contributed by atoms with Crippen molar-refractivity contribution in [1.82, 2.24) is 4.72 Å². The molecule has 1 aromatic carbocycles. The third-order valence-corrected chi connectivity index (χ3v) is 6.60. The minimum Gasteiger partial charge on any atom is -0.330 e. The van der Waals surface area contributed by atoms with E-state index in [4.69, 9.17) is 5.73 Å². The molecule has 1 aliphatic rings. The van der Waals surface area contributed by atoms with E-state index < -0.39 is 26.3 Å². The molecule has 0 heterocycles. The number of amides is 1. The first-order valence-electron chi connectivity index (χ1n) is 9.30. The number of hydrogen-bond donors (Lipinski definition) is 3. The highest BCUT2D eigenvalue weighted by molar-refractivity contribution is 7.89. The van der Waals surface area contributed by atoms with Gasteiger partial charge in [-0.15, -0.1) is 0 Å². The van der Waals surface area contributed by atoms with Crippen molar-refractivity contribution in [2.75, 3.05) is 11.9 Å². The fourth-order valence-corrected chi connectivity index (χ4v) is 5.07. The second-order valence-electron chi connectivity index (χ2n) is 8.49. The highest BCUT2D eigenvalue weighted by Gasteiger charge is 2.33. The Morgan fingerprint density at radius 2 is 1.85 bits per heavy atom. The topological polar surface area (TPSA) is 101 Å². The second kappa shape index (κ2) is 8.24. The van der Waals surface area contributed by atoms with Crippen molar-refractivity contribution >= 4 is 21.6 Å². The molecule has 1 amide bonds. The average Bonchev–Trinajstić information content (AvgIpc) is 2.55. The number of carbonyl (C=O) groups excluding carboxylic acids is 1. The molecule has 8 heteroatoms. The monoisotopic (exact) mass is 399 g/mol. The normalized spacial score (nSPS) is 17.5. The Hall–Kier alpha value is -1.51. The van der Waals surface area contributed by atoms with E-state index in [0.717, 1.165) is 44.2 Å². The largest absolute Gasteiger partial charge is 0.330 e. The van der Waals surface area contributed by atoms with Gasteiger partial charge < -0.3 is 11.1 Å². The predicted molar refractivity (Wildman–Crippen MR) is 104 cm³/mol. The molecule has 0 aromatic heterocycles. The van der Waals surface area contributed by atoms with Crippen LogP contribution in [0, 0.1) is 11.2 Å². The van der Waals surface area contributed by atoms with E-state index in [1.54, 1.807) is 20.8 Å². The molecule has 1 fully saturated rings. The predicted octanol–water partition coefficient (Wildman–Crippen LogP) is 3.14. The fraction of sp³-hybridized carbons (Fsp3) is 0.632. The van der Waals surface area contributed by atoms with Crippen LogP contribution in [-0.2, 0) is 14.8 Å². The molecule has 0 radical (unpaired) electrons. The molecule has 0 unspecified atom stereocenters. The maximum Gasteiger partial charge on any atom is 0.244 e. The average molecular weight is 400 g/mol. The fourth-order valence-electron chi connectivity index (χ4n) is 3.55. The van der Waals surface area contributed by atoms with Gasteiger partial charge in [0.2, 0.25) is 15.9 Å². The summed E-state index contributed by atoms with van der Waals surface area (Å²) in [6.45, 7) is 5.46. The van der Waals surface area contributed by atoms with Crippen LogP contribution in [0.4, 0.5) is 10.1 Å². The van der Waals surface area contributed by atoms with Crippen molar-refractivity contribution in [1.29, 1.82) is 0 Å². The Morgan fingerprint density at radius 3 is 2.41 bits per heavy atom. The first-order valence-corrected chi connectivity index (χ1v) is 10.8. The molecule has 6 nitrogen and oxygen atoms in total. The van der Waals surface area contributed by atoms with Crippen molar-refractivity contribution in [3.63, 3.8) is 0 Å². The van der Waals surface area contributed by atoms with E-state index in [1.165, 1.54) is 6.07 Å². The molecule has 1 aromatic rings. The highest BCUT2D eigenvalue weighted by Crippen LogP contribution is 2.38. The van der Waals surface area contributed by atoms with E-state index in [0.29, 0.717) is 6.54 Å². The van der Waals surface area contributed by atoms with Crippen molar-refractivity contribution in [2.45, 2.75) is 69.7 Å². The lowest BCUT2D eigenvalue weighted by Gasteiger charge is -2.35. The SMILES string of the molecule is CC(C)(C)NS(=O)(=O)c1cc(NC(=O)CC2(CN)CCCCC2)ccc1F. The summed E-state index contributed by atoms with van der Waals surface area (Å²) in [5, 5.41) is 2.70. The van der Waals surface area contributed by atoms with E-state index in [-0.39, 0.29) is 23.4 Å². The number of anilines is 1. The number of nitrogens with two attached hydrogens (primary N) is 1. The van der Waals surface area contributed by atoms with Crippen molar-refractivity contribution in [3.8, 4) is 0 Å². The summed E-state index contributed by atoms with van der Waals surface area (Å²) in [5.74, 6) is -1.10. The van der Waals surface area contributed by atoms with E-state index in [2.05, 4.69) is 10.0 Å². The Morgan fingerprint density at radius 1 is 1.22 bits per heavy atom. The van der Waals surface area contributed by atoms with E-state index >= 15 is 0 Å². The number of carbonyl (C=O) groups is 1. The van der Waals surface area contributed by atoms with Gasteiger partial charge in [0.25, 0.3) is 0 Å². The summed E-state index contributed by atoms with van der Waals surface area (Å²) in [7, 11) is -4.05. The number of rotatable bonds is 6. The number of sulfonamides is 1. The van der Waals surface area contributed by atoms with E-state index in [1.807, 2.05) is 0 Å². The van der Waals surface area contributed by atoms with Crippen LogP contribution >= 0.6 is 0 Å². The van der Waals surface area contributed by atoms with E-state index in [9.17, 15) is 17.6 Å². The van der Waals surface area contributed by atoms with Crippen LogP contribution in [0.3, 0.4) is 0 Å². The summed E-state index contributed by atoms with van der Waals surface area (Å²) >= 11 is 0. The number of halogens is 1. The third-order valence-electron chi connectivity index (χ3n) is 4.83. The zero-order valence-corrected chi connectivity index (χ0v) is 17.1. The highest BCUT2D eigenvalue weighted by atomic mass is 32.2. The smallest absolute Gasteiger partial charge is 0.244 e. The molecule has 0 saturated heterocycles. The van der Waals surface area contributed by atoms with Gasteiger partial charge >= 0.3 is 0 Å². The zero-order chi connectivity index (χ0) is 20.3. The molecule has 152 valence electrons. The van der Waals surface area contributed by atoms with Gasteiger partial charge in [0.05, 0.1) is 0 Å². The van der Waals surface area contributed by atoms with Gasteiger partial charge in [-0.1, -0.05) is 19.3 Å². The van der Waals surface area contributed by atoms with Gasteiger partial charge in [-0.25, -0.2) is 17.5 Å². The lowest BCUT2D eigenvalue weighted by Crippen LogP contribution is -2.40. The minimum atomic E-state index is -4.05. The van der Waals surface area contributed by atoms with Crippen LogP contribution in [0.2, 0.25) is 0 Å². The van der Waals surface area contributed by atoms with Crippen molar-refractivity contribution in [3.05, 3.63) is 24.0 Å². The number of benzene rings is 1. The maximum atomic E-state index is 14.1. The van der Waals surface area contributed by atoms with Crippen LogP contribution in [-0.4, -0.2) is 26.4 Å². The second-order valence-corrected chi connectivity index (χ2v) is 10.1. The lowest BCUT2D eigenvalue weighted by molar-refractivity contribution is -0.118. The summed E-state index contributed by atoms with van der Waals surface area (Å²) in [6, 6.07) is 3.56. The molecule has 1 aliphatic carbocycles. The molecule has 0 spiro atoms. The Balaban J connectivity index is 2.17. The minimum absolute atomic E-state index is 0.203. The molecular weight excluding hydrogens is 369 g/mol. The van der Waals surface area contributed by atoms with Crippen LogP contribution in [0.15, 0.2) is 23.1 Å². The standard InChI is InChI=1S/C19H30FN3O3S/c1-18(2,3)23-27(25,26)16-11-14(7-8-15(16)20)22-17(24)12-19(13-21)9-5-4-6-10-19/h7-8,11,23H,4-6,9-10,12-13,21H2,1-3H3,(H,22,24). The third kappa shape index (κ3) is 5.99. The summed E-state index contributed by atoms with van der Waals surface area (Å²) in [4.78, 5) is 12.0. The van der Waals surface area contributed by atoms with Crippen LogP contribution < -0.4 is 15.8 Å². The lowest BCUT2D eigenvalue weighted by atomic mass is 9.71. The quantitative estimate of drug-likeness (QED) is 0.684. The van der Waals surface area contributed by atoms with Crippen molar-refractivity contribution in [2.24, 2.45) is 11.1 Å². The molecule has 27 heavy (non-hydrogen) atoms. The van der Waals surface area contributed by atoms with Gasteiger partial charge in [0.15, 0.2) is 0 Å². The molecule has 0 atom stereocenters. The van der Waals surface area contributed by atoms with Gasteiger partial charge in [0.1, 0.15) is 10.7 Å². The molecule has 1 saturated carbocycles. The van der Waals surface area contributed by atoms with Gasteiger partial charge in [-0.2, -0.15) is 0 Å². The molecule has 0 aliphatic heterocycles. The number of nitrogens with one attached hydrogen (secondary N) is 2. The van der Waals surface area contributed by atoms with Gasteiger partial charge in [-0.05, 0) is 63.8 Å². The van der Waals surface area contributed by atoms with Gasteiger partial charge in [-0.3, -0.25) is 4.79 Å². The Labute approximate surface area is 161 Å². The van der Waals surface area contributed by atoms with Crippen LogP contribution in [0.1, 0.15) is 59.3 Å². The molecule has 4 N–H and O–H groups in total. The van der Waals surface area contributed by atoms with Crippen LogP contribution in [0.25, 0.3) is 0 Å². The van der Waals surface area contributed by atoms with Gasteiger partial charge in [0, 0.05) is 17.6 Å². The Bertz CT molecular complexity index is 782. The first kappa shape index (κ1) is 21.8. The van der Waals surface area contributed by atoms with Crippen molar-refractivity contribution < 1.29 is 17.6 Å². The summed E-state index contributed by atoms with van der Waals surface area (Å²) in [6.07, 6.45) is 5.38. The summed E-state index contributed by atoms with van der Waals surface area (Å²) in [5.41, 5.74) is 5.22. The zero-order valence-electron chi connectivity index (χ0n) is 16.3. The van der Waals surface area contributed by atoms with Crippen LogP contribution in [0.5, 0.6) is 0 Å². The molecular formula is C19H30FN3O3S. The number of hydrogen-bond acceptors (Lipinski definition) is 4. The molecule has 0 bridgehead atoms.